The molecule has 0 aromatic heterocycles. The van der Waals surface area contributed by atoms with Crippen LogP contribution in [-0.2, 0) is 0 Å². The van der Waals surface area contributed by atoms with Crippen molar-refractivity contribution < 1.29 is 0 Å². The molecule has 2 aliphatic rings. The van der Waals surface area contributed by atoms with Crippen LogP contribution in [0, 0.1) is 5.92 Å². The Hall–Kier alpha value is -0.0400. The molecule has 1 heterocycles. The zero-order chi connectivity index (χ0) is 9.26. The normalized spacial score (nSPS) is 42.5. The Labute approximate surface area is 82.5 Å². The standard InChI is InChI=1S/C12H23N/c1-10-12(13(10)2)11-8-6-4-3-5-7-9-11/h10-12H,3-9H2,1-2H3. The van der Waals surface area contributed by atoms with Crippen molar-refractivity contribution in [3.8, 4) is 0 Å². The number of likely N-dealkylation sites (N-methyl/N-ethyl adjacent to an activating group) is 1. The van der Waals surface area contributed by atoms with Gasteiger partial charge < -0.3 is 0 Å². The van der Waals surface area contributed by atoms with E-state index in [4.69, 9.17) is 0 Å². The topological polar surface area (TPSA) is 3.01 Å². The van der Waals surface area contributed by atoms with Crippen molar-refractivity contribution in [1.29, 1.82) is 0 Å². The van der Waals surface area contributed by atoms with Crippen LogP contribution in [0.5, 0.6) is 0 Å². The Kier molecular flexibility index (Phi) is 2.92. The van der Waals surface area contributed by atoms with Crippen LogP contribution < -0.4 is 0 Å². The van der Waals surface area contributed by atoms with E-state index < -0.39 is 0 Å². The SMILES string of the molecule is CC1C(C2CCCCCCC2)N1C. The molecule has 13 heavy (non-hydrogen) atoms. The maximum atomic E-state index is 2.55. The van der Waals surface area contributed by atoms with Crippen molar-refractivity contribution in [2.75, 3.05) is 7.05 Å². The third kappa shape index (κ3) is 2.07. The van der Waals surface area contributed by atoms with Gasteiger partial charge in [-0.25, -0.2) is 0 Å². The Bertz CT molecular complexity index is 151. The van der Waals surface area contributed by atoms with Crippen LogP contribution in [0.1, 0.15) is 51.9 Å². The van der Waals surface area contributed by atoms with Gasteiger partial charge in [-0.1, -0.05) is 32.1 Å². The molecular formula is C12H23N. The molecule has 0 aromatic carbocycles. The molecule has 1 saturated heterocycles. The zero-order valence-electron chi connectivity index (χ0n) is 9.13. The average molecular weight is 181 g/mol. The highest BCUT2D eigenvalue weighted by atomic mass is 15.3. The summed E-state index contributed by atoms with van der Waals surface area (Å²) in [5, 5.41) is 0. The Morgan fingerprint density at radius 2 is 1.38 bits per heavy atom. The molecule has 0 aromatic rings. The van der Waals surface area contributed by atoms with Gasteiger partial charge >= 0.3 is 0 Å². The first kappa shape index (κ1) is 9.51. The zero-order valence-corrected chi connectivity index (χ0v) is 9.13. The van der Waals surface area contributed by atoms with Gasteiger partial charge in [-0.3, -0.25) is 4.90 Å². The van der Waals surface area contributed by atoms with E-state index in [1.165, 1.54) is 44.9 Å². The molecule has 1 aliphatic heterocycles. The third-order valence-electron chi connectivity index (χ3n) is 4.15. The highest BCUT2D eigenvalue weighted by Crippen LogP contribution is 2.38. The fourth-order valence-electron chi connectivity index (χ4n) is 3.08. The molecule has 0 spiro atoms. The summed E-state index contributed by atoms with van der Waals surface area (Å²) in [5.74, 6) is 1.03. The van der Waals surface area contributed by atoms with Crippen LogP contribution in [-0.4, -0.2) is 24.0 Å². The predicted octanol–water partition coefficient (Wildman–Crippen LogP) is 3.05. The quantitative estimate of drug-likeness (QED) is 0.562. The Morgan fingerprint density at radius 1 is 0.923 bits per heavy atom. The lowest BCUT2D eigenvalue weighted by atomic mass is 9.88. The van der Waals surface area contributed by atoms with Gasteiger partial charge in [0.15, 0.2) is 0 Å². The molecular weight excluding hydrogens is 158 g/mol. The van der Waals surface area contributed by atoms with E-state index in [0.717, 1.165) is 18.0 Å². The second kappa shape index (κ2) is 4.00. The van der Waals surface area contributed by atoms with Crippen molar-refractivity contribution in [2.45, 2.75) is 64.0 Å². The fraction of sp³-hybridized carbons (Fsp3) is 1.00. The van der Waals surface area contributed by atoms with Gasteiger partial charge in [0.25, 0.3) is 0 Å². The van der Waals surface area contributed by atoms with Crippen molar-refractivity contribution in [3.63, 3.8) is 0 Å². The number of hydrogen-bond donors (Lipinski definition) is 0. The molecule has 1 heteroatoms. The number of hydrogen-bond acceptors (Lipinski definition) is 1. The molecule has 1 aliphatic carbocycles. The molecule has 0 radical (unpaired) electrons. The van der Waals surface area contributed by atoms with Crippen molar-refractivity contribution in [2.24, 2.45) is 5.92 Å². The highest BCUT2D eigenvalue weighted by Gasteiger charge is 2.44. The first-order valence-corrected chi connectivity index (χ1v) is 6.02. The summed E-state index contributed by atoms with van der Waals surface area (Å²) in [5.41, 5.74) is 0. The lowest BCUT2D eigenvalue weighted by Crippen LogP contribution is -2.14. The van der Waals surface area contributed by atoms with Crippen LogP contribution in [0.25, 0.3) is 0 Å². The first-order valence-electron chi connectivity index (χ1n) is 6.02. The van der Waals surface area contributed by atoms with E-state index in [-0.39, 0.29) is 0 Å². The highest BCUT2D eigenvalue weighted by molar-refractivity contribution is 5.00. The van der Waals surface area contributed by atoms with Gasteiger partial charge in [-0.2, -0.15) is 0 Å². The molecule has 3 unspecified atom stereocenters. The van der Waals surface area contributed by atoms with Gasteiger partial charge in [0.05, 0.1) is 0 Å². The van der Waals surface area contributed by atoms with Crippen molar-refractivity contribution >= 4 is 0 Å². The van der Waals surface area contributed by atoms with Crippen LogP contribution in [0.15, 0.2) is 0 Å². The summed E-state index contributed by atoms with van der Waals surface area (Å²) in [6, 6.07) is 1.82. The van der Waals surface area contributed by atoms with E-state index in [1.807, 2.05) is 0 Å². The van der Waals surface area contributed by atoms with Crippen molar-refractivity contribution in [1.82, 2.24) is 4.90 Å². The van der Waals surface area contributed by atoms with E-state index in [0.29, 0.717) is 0 Å². The maximum absolute atomic E-state index is 2.55. The minimum Gasteiger partial charge on any atom is -0.297 e. The van der Waals surface area contributed by atoms with E-state index >= 15 is 0 Å². The smallest absolute Gasteiger partial charge is 0.0277 e. The second-order valence-corrected chi connectivity index (χ2v) is 5.00. The third-order valence-corrected chi connectivity index (χ3v) is 4.15. The average Bonchev–Trinajstić information content (AvgIpc) is 2.61. The minimum absolute atomic E-state index is 0.879. The lowest BCUT2D eigenvalue weighted by Gasteiger charge is -2.19. The minimum atomic E-state index is 0.879. The summed E-state index contributed by atoms with van der Waals surface area (Å²) in [7, 11) is 2.29. The number of rotatable bonds is 1. The summed E-state index contributed by atoms with van der Waals surface area (Å²) in [6.07, 6.45) is 10.4. The monoisotopic (exact) mass is 181 g/mol. The van der Waals surface area contributed by atoms with Gasteiger partial charge in [0, 0.05) is 12.1 Å². The molecule has 76 valence electrons. The van der Waals surface area contributed by atoms with Crippen LogP contribution in [0.4, 0.5) is 0 Å². The molecule has 1 nitrogen and oxygen atoms in total. The largest absolute Gasteiger partial charge is 0.297 e. The molecule has 2 rings (SSSR count). The maximum Gasteiger partial charge on any atom is 0.0277 e. The molecule has 1 saturated carbocycles. The van der Waals surface area contributed by atoms with E-state index in [2.05, 4.69) is 18.9 Å². The predicted molar refractivity (Wildman–Crippen MR) is 56.8 cm³/mol. The van der Waals surface area contributed by atoms with E-state index in [9.17, 15) is 0 Å². The van der Waals surface area contributed by atoms with Gasteiger partial charge in [0.1, 0.15) is 0 Å². The first-order chi connectivity index (χ1) is 6.30. The van der Waals surface area contributed by atoms with Crippen LogP contribution >= 0.6 is 0 Å². The summed E-state index contributed by atoms with van der Waals surface area (Å²) in [4.78, 5) is 2.55. The lowest BCUT2D eigenvalue weighted by molar-refractivity contribution is 0.343. The van der Waals surface area contributed by atoms with Crippen molar-refractivity contribution in [3.05, 3.63) is 0 Å². The summed E-state index contributed by atoms with van der Waals surface area (Å²) < 4.78 is 0. The number of nitrogens with zero attached hydrogens (tertiary/aromatic N) is 1. The molecule has 0 bridgehead atoms. The Morgan fingerprint density at radius 3 is 1.85 bits per heavy atom. The van der Waals surface area contributed by atoms with E-state index in [1.54, 1.807) is 0 Å². The van der Waals surface area contributed by atoms with Crippen LogP contribution in [0.2, 0.25) is 0 Å². The molecule has 0 N–H and O–H groups in total. The van der Waals surface area contributed by atoms with Gasteiger partial charge in [-0.05, 0) is 32.7 Å². The van der Waals surface area contributed by atoms with Crippen LogP contribution in [0.3, 0.4) is 0 Å². The van der Waals surface area contributed by atoms with Gasteiger partial charge in [0.2, 0.25) is 0 Å². The fourth-order valence-corrected chi connectivity index (χ4v) is 3.08. The summed E-state index contributed by atoms with van der Waals surface area (Å²) >= 11 is 0. The molecule has 3 atom stereocenters. The summed E-state index contributed by atoms with van der Waals surface area (Å²) in [6.45, 7) is 2.38. The second-order valence-electron chi connectivity index (χ2n) is 5.00. The van der Waals surface area contributed by atoms with Gasteiger partial charge in [-0.15, -0.1) is 0 Å². The Balaban J connectivity index is 1.83. The molecule has 2 fully saturated rings. The molecule has 0 amide bonds.